The molecule has 4 nitrogen and oxygen atoms in total. The highest BCUT2D eigenvalue weighted by atomic mass is 16.5. The van der Waals surface area contributed by atoms with Crippen LogP contribution in [0.2, 0.25) is 0 Å². The molecule has 0 saturated carbocycles. The first-order valence-corrected chi connectivity index (χ1v) is 5.65. The van der Waals surface area contributed by atoms with E-state index < -0.39 is 0 Å². The number of ether oxygens (including phenoxy) is 1. The van der Waals surface area contributed by atoms with Crippen molar-refractivity contribution >= 4 is 11.4 Å². The molecular weight excluding hydrogens is 214 g/mol. The number of hydrogen-bond acceptors (Lipinski definition) is 4. The Balaban J connectivity index is 2.83. The van der Waals surface area contributed by atoms with E-state index in [1.54, 1.807) is 7.11 Å². The number of nitrogen functional groups attached to an aromatic ring is 1. The highest BCUT2D eigenvalue weighted by Gasteiger charge is 2.07. The Labute approximate surface area is 103 Å². The fourth-order valence-corrected chi connectivity index (χ4v) is 1.73. The van der Waals surface area contributed by atoms with Gasteiger partial charge in [0.1, 0.15) is 0 Å². The summed E-state index contributed by atoms with van der Waals surface area (Å²) in [7, 11) is 1.67. The van der Waals surface area contributed by atoms with Crippen LogP contribution in [-0.2, 0) is 4.74 Å². The molecule has 0 unspecified atom stereocenters. The van der Waals surface area contributed by atoms with Crippen molar-refractivity contribution in [3.05, 3.63) is 23.8 Å². The Hall–Kier alpha value is -1.73. The van der Waals surface area contributed by atoms with E-state index in [1.807, 2.05) is 19.1 Å². The molecule has 0 radical (unpaired) electrons. The van der Waals surface area contributed by atoms with Crippen LogP contribution in [0.1, 0.15) is 12.0 Å². The number of anilines is 2. The van der Waals surface area contributed by atoms with Gasteiger partial charge in [0.25, 0.3) is 0 Å². The zero-order valence-corrected chi connectivity index (χ0v) is 10.4. The van der Waals surface area contributed by atoms with Crippen molar-refractivity contribution in [2.24, 2.45) is 0 Å². The van der Waals surface area contributed by atoms with Crippen LogP contribution in [0.5, 0.6) is 0 Å². The fourth-order valence-electron chi connectivity index (χ4n) is 1.73. The summed E-state index contributed by atoms with van der Waals surface area (Å²) in [6.45, 7) is 4.11. The molecule has 92 valence electrons. The van der Waals surface area contributed by atoms with Gasteiger partial charge < -0.3 is 15.4 Å². The number of nitriles is 1. The SMILES string of the molecule is COCCN(CCC#N)c1cc(C)cc(N)c1. The van der Waals surface area contributed by atoms with E-state index in [9.17, 15) is 0 Å². The quantitative estimate of drug-likeness (QED) is 0.763. The molecule has 0 spiro atoms. The summed E-state index contributed by atoms with van der Waals surface area (Å²) in [4.78, 5) is 2.12. The molecule has 17 heavy (non-hydrogen) atoms. The van der Waals surface area contributed by atoms with Gasteiger partial charge in [-0.1, -0.05) is 0 Å². The number of nitrogens with two attached hydrogens (primary N) is 1. The first kappa shape index (κ1) is 13.3. The first-order chi connectivity index (χ1) is 8.17. The van der Waals surface area contributed by atoms with Gasteiger partial charge >= 0.3 is 0 Å². The molecule has 0 aliphatic rings. The summed E-state index contributed by atoms with van der Waals surface area (Å²) < 4.78 is 5.08. The van der Waals surface area contributed by atoms with Crippen LogP contribution in [0, 0.1) is 18.3 Å². The molecule has 0 fully saturated rings. The first-order valence-electron chi connectivity index (χ1n) is 5.65. The Bertz CT molecular complexity index is 378. The predicted molar refractivity (Wildman–Crippen MR) is 69.9 cm³/mol. The molecule has 0 aromatic heterocycles. The third kappa shape index (κ3) is 4.33. The fraction of sp³-hybridized carbons (Fsp3) is 0.462. The summed E-state index contributed by atoms with van der Waals surface area (Å²) >= 11 is 0. The molecule has 1 rings (SSSR count). The molecule has 2 N–H and O–H groups in total. The van der Waals surface area contributed by atoms with E-state index in [2.05, 4.69) is 17.0 Å². The van der Waals surface area contributed by atoms with Gasteiger partial charge in [-0.05, 0) is 30.7 Å². The van der Waals surface area contributed by atoms with Crippen LogP contribution in [0.15, 0.2) is 18.2 Å². The molecule has 0 heterocycles. The number of methoxy groups -OCH3 is 1. The second kappa shape index (κ2) is 6.77. The summed E-state index contributed by atoms with van der Waals surface area (Å²) in [6, 6.07) is 8.10. The van der Waals surface area contributed by atoms with Crippen LogP contribution in [0.3, 0.4) is 0 Å². The number of nitrogens with zero attached hydrogens (tertiary/aromatic N) is 2. The van der Waals surface area contributed by atoms with Crippen molar-refractivity contribution in [3.8, 4) is 6.07 Å². The second-order valence-corrected chi connectivity index (χ2v) is 3.99. The predicted octanol–water partition coefficient (Wildman–Crippen LogP) is 1.94. The third-order valence-corrected chi connectivity index (χ3v) is 2.51. The van der Waals surface area contributed by atoms with Gasteiger partial charge in [-0.2, -0.15) is 5.26 Å². The normalized spacial score (nSPS) is 9.94. The van der Waals surface area contributed by atoms with Crippen LogP contribution < -0.4 is 10.6 Å². The Morgan fingerprint density at radius 3 is 2.71 bits per heavy atom. The maximum absolute atomic E-state index is 8.66. The lowest BCUT2D eigenvalue weighted by molar-refractivity contribution is 0.205. The lowest BCUT2D eigenvalue weighted by Gasteiger charge is -2.24. The van der Waals surface area contributed by atoms with Crippen molar-refractivity contribution in [2.75, 3.05) is 37.4 Å². The maximum Gasteiger partial charge on any atom is 0.0640 e. The van der Waals surface area contributed by atoms with Gasteiger partial charge in [0, 0.05) is 31.6 Å². The highest BCUT2D eigenvalue weighted by molar-refractivity contribution is 5.58. The van der Waals surface area contributed by atoms with Crippen molar-refractivity contribution in [1.29, 1.82) is 5.26 Å². The Morgan fingerprint density at radius 2 is 2.12 bits per heavy atom. The van der Waals surface area contributed by atoms with Gasteiger partial charge in [0.15, 0.2) is 0 Å². The van der Waals surface area contributed by atoms with Crippen LogP contribution >= 0.6 is 0 Å². The van der Waals surface area contributed by atoms with Crippen LogP contribution in [-0.4, -0.2) is 26.8 Å². The van der Waals surface area contributed by atoms with E-state index in [4.69, 9.17) is 15.7 Å². The van der Waals surface area contributed by atoms with Crippen molar-refractivity contribution in [2.45, 2.75) is 13.3 Å². The van der Waals surface area contributed by atoms with Crippen molar-refractivity contribution in [3.63, 3.8) is 0 Å². The van der Waals surface area contributed by atoms with Crippen LogP contribution in [0.25, 0.3) is 0 Å². The monoisotopic (exact) mass is 233 g/mol. The summed E-state index contributed by atoms with van der Waals surface area (Å²) in [5.74, 6) is 0. The molecule has 4 heteroatoms. The standard InChI is InChI=1S/C13H19N3O/c1-11-8-12(15)10-13(9-11)16(5-3-4-14)6-7-17-2/h8-10H,3,5-7,15H2,1-2H3. The van der Waals surface area contributed by atoms with Crippen molar-refractivity contribution < 1.29 is 4.74 Å². The van der Waals surface area contributed by atoms with Gasteiger partial charge in [-0.25, -0.2) is 0 Å². The molecule has 0 saturated heterocycles. The molecule has 0 atom stereocenters. The second-order valence-electron chi connectivity index (χ2n) is 3.99. The van der Waals surface area contributed by atoms with Gasteiger partial charge in [0.2, 0.25) is 0 Å². The van der Waals surface area contributed by atoms with E-state index in [1.165, 1.54) is 0 Å². The lowest BCUT2D eigenvalue weighted by Crippen LogP contribution is -2.28. The minimum atomic E-state index is 0.498. The zero-order valence-electron chi connectivity index (χ0n) is 10.4. The van der Waals surface area contributed by atoms with Crippen LogP contribution in [0.4, 0.5) is 11.4 Å². The molecule has 0 bridgehead atoms. The van der Waals surface area contributed by atoms with E-state index in [0.717, 1.165) is 23.5 Å². The Morgan fingerprint density at radius 1 is 1.35 bits per heavy atom. The number of aryl methyl sites for hydroxylation is 1. The number of rotatable bonds is 6. The Kier molecular flexibility index (Phi) is 5.31. The maximum atomic E-state index is 8.66. The van der Waals surface area contributed by atoms with E-state index in [0.29, 0.717) is 19.6 Å². The lowest BCUT2D eigenvalue weighted by atomic mass is 10.1. The van der Waals surface area contributed by atoms with Gasteiger partial charge in [-0.3, -0.25) is 0 Å². The highest BCUT2D eigenvalue weighted by Crippen LogP contribution is 2.20. The van der Waals surface area contributed by atoms with E-state index in [-0.39, 0.29) is 0 Å². The van der Waals surface area contributed by atoms with Gasteiger partial charge in [-0.15, -0.1) is 0 Å². The topological polar surface area (TPSA) is 62.3 Å². The van der Waals surface area contributed by atoms with Crippen molar-refractivity contribution in [1.82, 2.24) is 0 Å². The van der Waals surface area contributed by atoms with Gasteiger partial charge in [0.05, 0.1) is 19.1 Å². The number of benzene rings is 1. The molecular formula is C13H19N3O. The minimum Gasteiger partial charge on any atom is -0.399 e. The average Bonchev–Trinajstić information content (AvgIpc) is 2.28. The largest absolute Gasteiger partial charge is 0.399 e. The summed E-state index contributed by atoms with van der Waals surface area (Å²) in [6.07, 6.45) is 0.498. The smallest absolute Gasteiger partial charge is 0.0640 e. The van der Waals surface area contributed by atoms with E-state index >= 15 is 0 Å². The summed E-state index contributed by atoms with van der Waals surface area (Å²) in [5, 5.41) is 8.66. The molecule has 0 aliphatic heterocycles. The third-order valence-electron chi connectivity index (χ3n) is 2.51. The molecule has 0 aliphatic carbocycles. The molecule has 0 amide bonds. The average molecular weight is 233 g/mol. The number of hydrogen-bond donors (Lipinski definition) is 1. The molecule has 1 aromatic rings. The summed E-state index contributed by atoms with van der Waals surface area (Å²) in [5.41, 5.74) is 8.76. The zero-order chi connectivity index (χ0) is 12.7. The minimum absolute atomic E-state index is 0.498. The molecule has 1 aromatic carbocycles.